The Labute approximate surface area is 143 Å². The van der Waals surface area contributed by atoms with Gasteiger partial charge in [-0.05, 0) is 35.2 Å². The van der Waals surface area contributed by atoms with E-state index in [4.69, 9.17) is 13.7 Å². The average molecular weight is 350 g/mol. The molecule has 0 saturated heterocycles. The highest BCUT2D eigenvalue weighted by atomic mass is 32.2. The minimum atomic E-state index is -3.97. The third-order valence-corrected chi connectivity index (χ3v) is 4.79. The van der Waals surface area contributed by atoms with Crippen LogP contribution < -0.4 is 13.7 Å². The van der Waals surface area contributed by atoms with Crippen molar-refractivity contribution < 1.29 is 22.1 Å². The second-order valence-corrected chi connectivity index (χ2v) is 7.88. The minimum absolute atomic E-state index is 0.00121. The normalized spacial score (nSPS) is 11.9. The lowest BCUT2D eigenvalue weighted by molar-refractivity contribution is 0.353. The van der Waals surface area contributed by atoms with Crippen LogP contribution in [-0.2, 0) is 15.5 Å². The van der Waals surface area contributed by atoms with E-state index in [1.165, 1.54) is 32.4 Å². The molecule has 0 fully saturated rings. The molecule has 0 heterocycles. The molecule has 2 rings (SSSR count). The summed E-state index contributed by atoms with van der Waals surface area (Å²) in [5, 5.41) is 0. The first-order chi connectivity index (χ1) is 11.2. The maximum atomic E-state index is 12.5. The number of ether oxygens (including phenoxy) is 2. The van der Waals surface area contributed by atoms with E-state index in [1.54, 1.807) is 18.2 Å². The van der Waals surface area contributed by atoms with Crippen LogP contribution in [0.2, 0.25) is 0 Å². The third-order valence-electron chi connectivity index (χ3n) is 3.55. The molecule has 0 aromatic heterocycles. The Morgan fingerprint density at radius 2 is 1.54 bits per heavy atom. The molecule has 130 valence electrons. The zero-order valence-electron chi connectivity index (χ0n) is 14.5. The van der Waals surface area contributed by atoms with E-state index in [0.29, 0.717) is 11.5 Å². The van der Waals surface area contributed by atoms with Crippen molar-refractivity contribution in [3.63, 3.8) is 0 Å². The van der Waals surface area contributed by atoms with Crippen molar-refractivity contribution in [1.82, 2.24) is 0 Å². The van der Waals surface area contributed by atoms with Crippen LogP contribution in [0, 0.1) is 0 Å². The molecule has 0 saturated carbocycles. The van der Waals surface area contributed by atoms with Crippen molar-refractivity contribution in [3.05, 3.63) is 48.0 Å². The highest BCUT2D eigenvalue weighted by Gasteiger charge is 2.21. The molecule has 2 aromatic rings. The molecule has 2 aromatic carbocycles. The fraction of sp³-hybridized carbons (Fsp3) is 0.333. The van der Waals surface area contributed by atoms with Gasteiger partial charge in [-0.25, -0.2) is 0 Å². The Bertz CT molecular complexity index is 820. The lowest BCUT2D eigenvalue weighted by atomic mass is 9.87. The molecule has 0 atom stereocenters. The number of benzene rings is 2. The van der Waals surface area contributed by atoms with Gasteiger partial charge in [0.05, 0.1) is 14.2 Å². The standard InChI is InChI=1S/C18H22O5S/c1-18(2,3)13-7-6-8-14(11-13)23-24(19,20)15-9-10-16(21-4)17(12-15)22-5/h6-12H,1-5H3. The number of hydrogen-bond donors (Lipinski definition) is 0. The Kier molecular flexibility index (Phi) is 5.08. The lowest BCUT2D eigenvalue weighted by Gasteiger charge is -2.19. The van der Waals surface area contributed by atoms with E-state index in [-0.39, 0.29) is 16.1 Å². The molecule has 0 amide bonds. The molecule has 5 nitrogen and oxygen atoms in total. The fourth-order valence-electron chi connectivity index (χ4n) is 2.16. The van der Waals surface area contributed by atoms with Crippen LogP contribution in [0.25, 0.3) is 0 Å². The SMILES string of the molecule is COc1ccc(S(=O)(=O)Oc2cccc(C(C)(C)C)c2)cc1OC. The Hall–Kier alpha value is -2.21. The average Bonchev–Trinajstić information content (AvgIpc) is 2.53. The first-order valence-electron chi connectivity index (χ1n) is 7.44. The summed E-state index contributed by atoms with van der Waals surface area (Å²) in [5.74, 6) is 1.05. The second kappa shape index (κ2) is 6.73. The molecule has 0 bridgehead atoms. The fourth-order valence-corrected chi connectivity index (χ4v) is 3.10. The smallest absolute Gasteiger partial charge is 0.339 e. The van der Waals surface area contributed by atoms with Gasteiger partial charge in [0, 0.05) is 6.07 Å². The summed E-state index contributed by atoms with van der Waals surface area (Å²) in [7, 11) is -1.04. The van der Waals surface area contributed by atoms with Gasteiger partial charge in [0.1, 0.15) is 10.6 Å². The van der Waals surface area contributed by atoms with E-state index in [1.807, 2.05) is 6.07 Å². The van der Waals surface area contributed by atoms with Gasteiger partial charge in [-0.2, -0.15) is 8.42 Å². The minimum Gasteiger partial charge on any atom is -0.493 e. The molecule has 0 unspecified atom stereocenters. The summed E-state index contributed by atoms with van der Waals surface area (Å²) in [6.45, 7) is 6.15. The summed E-state index contributed by atoms with van der Waals surface area (Å²) in [5.41, 5.74) is 0.884. The number of rotatable bonds is 5. The Morgan fingerprint density at radius 3 is 2.12 bits per heavy atom. The summed E-state index contributed by atoms with van der Waals surface area (Å²) >= 11 is 0. The van der Waals surface area contributed by atoms with Crippen molar-refractivity contribution in [3.8, 4) is 17.2 Å². The van der Waals surface area contributed by atoms with E-state index in [9.17, 15) is 8.42 Å². The molecule has 0 aliphatic carbocycles. The molecule has 0 aliphatic rings. The van der Waals surface area contributed by atoms with Gasteiger partial charge in [-0.3, -0.25) is 0 Å². The molecule has 6 heteroatoms. The lowest BCUT2D eigenvalue weighted by Crippen LogP contribution is -2.13. The first-order valence-corrected chi connectivity index (χ1v) is 8.85. The van der Waals surface area contributed by atoms with Crippen molar-refractivity contribution in [2.24, 2.45) is 0 Å². The summed E-state index contributed by atoms with van der Waals surface area (Å²) in [6.07, 6.45) is 0. The van der Waals surface area contributed by atoms with E-state index < -0.39 is 10.1 Å². The number of hydrogen-bond acceptors (Lipinski definition) is 5. The van der Waals surface area contributed by atoms with E-state index >= 15 is 0 Å². The van der Waals surface area contributed by atoms with E-state index in [0.717, 1.165) is 5.56 Å². The third kappa shape index (κ3) is 4.00. The second-order valence-electron chi connectivity index (χ2n) is 6.33. The molecule has 0 radical (unpaired) electrons. The largest absolute Gasteiger partial charge is 0.493 e. The van der Waals surface area contributed by atoms with Crippen LogP contribution in [-0.4, -0.2) is 22.6 Å². The van der Waals surface area contributed by atoms with Crippen molar-refractivity contribution in [2.75, 3.05) is 14.2 Å². The van der Waals surface area contributed by atoms with Gasteiger partial charge < -0.3 is 13.7 Å². The molecule has 0 aliphatic heterocycles. The van der Waals surface area contributed by atoms with E-state index in [2.05, 4.69) is 20.8 Å². The van der Waals surface area contributed by atoms with Crippen molar-refractivity contribution in [1.29, 1.82) is 0 Å². The van der Waals surface area contributed by atoms with Crippen LogP contribution in [0.4, 0.5) is 0 Å². The summed E-state index contributed by atoms with van der Waals surface area (Å²) < 4.78 is 40.6. The summed E-state index contributed by atoms with van der Waals surface area (Å²) in [6, 6.07) is 11.4. The van der Waals surface area contributed by atoms with Gasteiger partial charge in [-0.1, -0.05) is 32.9 Å². The van der Waals surface area contributed by atoms with Crippen molar-refractivity contribution >= 4 is 10.1 Å². The topological polar surface area (TPSA) is 61.8 Å². The van der Waals surface area contributed by atoms with Crippen LogP contribution in [0.1, 0.15) is 26.3 Å². The van der Waals surface area contributed by atoms with Gasteiger partial charge >= 0.3 is 10.1 Å². The van der Waals surface area contributed by atoms with Gasteiger partial charge in [0.2, 0.25) is 0 Å². The highest BCUT2D eigenvalue weighted by molar-refractivity contribution is 7.87. The molecule has 0 spiro atoms. The van der Waals surface area contributed by atoms with Gasteiger partial charge in [-0.15, -0.1) is 0 Å². The zero-order chi connectivity index (χ0) is 18.0. The predicted octanol–water partition coefficient (Wildman–Crippen LogP) is 3.77. The van der Waals surface area contributed by atoms with Gasteiger partial charge in [0.15, 0.2) is 11.5 Å². The molecule has 0 N–H and O–H groups in total. The van der Waals surface area contributed by atoms with Crippen molar-refractivity contribution in [2.45, 2.75) is 31.1 Å². The van der Waals surface area contributed by atoms with Gasteiger partial charge in [0.25, 0.3) is 0 Å². The molecular weight excluding hydrogens is 328 g/mol. The maximum Gasteiger partial charge on any atom is 0.339 e. The summed E-state index contributed by atoms with van der Waals surface area (Å²) in [4.78, 5) is 0.00121. The van der Waals surface area contributed by atoms with Crippen LogP contribution in [0.15, 0.2) is 47.4 Å². The quantitative estimate of drug-likeness (QED) is 0.768. The Morgan fingerprint density at radius 1 is 0.875 bits per heavy atom. The predicted molar refractivity (Wildman–Crippen MR) is 92.5 cm³/mol. The van der Waals surface area contributed by atoms with Crippen LogP contribution >= 0.6 is 0 Å². The zero-order valence-corrected chi connectivity index (χ0v) is 15.3. The highest BCUT2D eigenvalue weighted by Crippen LogP contribution is 2.31. The molecule has 24 heavy (non-hydrogen) atoms. The molecular formula is C18H22O5S. The Balaban J connectivity index is 2.35. The first kappa shape index (κ1) is 18.1. The number of methoxy groups -OCH3 is 2. The van der Waals surface area contributed by atoms with Crippen LogP contribution in [0.3, 0.4) is 0 Å². The van der Waals surface area contributed by atoms with Crippen LogP contribution in [0.5, 0.6) is 17.2 Å². The maximum absolute atomic E-state index is 12.5. The monoisotopic (exact) mass is 350 g/mol.